The number of rotatable bonds is 7. The van der Waals surface area contributed by atoms with Gasteiger partial charge in [-0.05, 0) is 36.2 Å². The van der Waals surface area contributed by atoms with Crippen molar-refractivity contribution in [1.29, 1.82) is 0 Å². The molecule has 0 aliphatic heterocycles. The number of likely N-dealkylation sites (N-methyl/N-ethyl adjacent to an activating group) is 1. The summed E-state index contributed by atoms with van der Waals surface area (Å²) in [5.41, 5.74) is 1.64. The van der Waals surface area contributed by atoms with Crippen LogP contribution in [0.15, 0.2) is 42.5 Å². The summed E-state index contributed by atoms with van der Waals surface area (Å²) in [6.45, 7) is 0.590. The predicted molar refractivity (Wildman–Crippen MR) is 93.2 cm³/mol. The first-order chi connectivity index (χ1) is 11.6. The number of benzene rings is 2. The van der Waals surface area contributed by atoms with E-state index in [0.29, 0.717) is 29.4 Å². The molecule has 0 atom stereocenters. The lowest BCUT2D eigenvalue weighted by atomic mass is 10.1. The van der Waals surface area contributed by atoms with Crippen LogP contribution in [0.4, 0.5) is 0 Å². The van der Waals surface area contributed by atoms with Gasteiger partial charge in [0.15, 0.2) is 11.5 Å². The summed E-state index contributed by atoms with van der Waals surface area (Å²) in [5.74, 6) is 1.90. The second-order valence-corrected chi connectivity index (χ2v) is 5.37. The minimum absolute atomic E-state index is 0.0621. The maximum atomic E-state index is 12.6. The number of hydrogen-bond donors (Lipinski definition) is 0. The van der Waals surface area contributed by atoms with Gasteiger partial charge in [-0.2, -0.15) is 0 Å². The van der Waals surface area contributed by atoms with Crippen LogP contribution in [0.2, 0.25) is 0 Å². The minimum Gasteiger partial charge on any atom is -0.496 e. The van der Waals surface area contributed by atoms with Gasteiger partial charge in [-0.15, -0.1) is 0 Å². The molecule has 0 heterocycles. The van der Waals surface area contributed by atoms with Gasteiger partial charge < -0.3 is 19.1 Å². The molecule has 0 aromatic heterocycles. The molecule has 1 amide bonds. The van der Waals surface area contributed by atoms with Gasteiger partial charge in [0.2, 0.25) is 0 Å². The Morgan fingerprint density at radius 3 is 2.25 bits per heavy atom. The lowest BCUT2D eigenvalue weighted by molar-refractivity contribution is 0.0793. The van der Waals surface area contributed by atoms with Crippen molar-refractivity contribution >= 4 is 5.91 Å². The van der Waals surface area contributed by atoms with Crippen molar-refractivity contribution in [3.05, 3.63) is 53.6 Å². The van der Waals surface area contributed by atoms with E-state index in [1.54, 1.807) is 45.4 Å². The highest BCUT2D eigenvalue weighted by molar-refractivity contribution is 5.96. The van der Waals surface area contributed by atoms with Crippen LogP contribution in [-0.4, -0.2) is 45.7 Å². The highest BCUT2D eigenvalue weighted by Crippen LogP contribution is 2.27. The molecule has 5 nitrogen and oxygen atoms in total. The summed E-state index contributed by atoms with van der Waals surface area (Å²) in [6, 6.07) is 13.0. The van der Waals surface area contributed by atoms with Crippen LogP contribution in [0.5, 0.6) is 17.2 Å². The standard InChI is InChI=1S/C19H23NO4/c1-20(19(21)15-7-5-6-8-16(15)22-2)12-11-14-9-10-17(23-3)18(13-14)24-4/h5-10,13H,11-12H2,1-4H3. The van der Waals surface area contributed by atoms with Crippen molar-refractivity contribution in [3.63, 3.8) is 0 Å². The molecule has 2 rings (SSSR count). The molecule has 0 bridgehead atoms. The molecule has 0 N–H and O–H groups in total. The first-order valence-corrected chi connectivity index (χ1v) is 7.70. The summed E-state index contributed by atoms with van der Waals surface area (Å²) < 4.78 is 15.8. The van der Waals surface area contributed by atoms with Crippen LogP contribution < -0.4 is 14.2 Å². The Morgan fingerprint density at radius 1 is 0.917 bits per heavy atom. The van der Waals surface area contributed by atoms with Gasteiger partial charge in [-0.25, -0.2) is 0 Å². The first-order valence-electron chi connectivity index (χ1n) is 7.70. The summed E-state index contributed by atoms with van der Waals surface area (Å²) >= 11 is 0. The van der Waals surface area contributed by atoms with Crippen LogP contribution >= 0.6 is 0 Å². The summed E-state index contributed by atoms with van der Waals surface area (Å²) in [5, 5.41) is 0. The molecule has 5 heteroatoms. The molecular weight excluding hydrogens is 306 g/mol. The zero-order valence-corrected chi connectivity index (χ0v) is 14.5. The van der Waals surface area contributed by atoms with Crippen LogP contribution in [0.3, 0.4) is 0 Å². The molecule has 0 unspecified atom stereocenters. The summed E-state index contributed by atoms with van der Waals surface area (Å²) in [7, 11) is 6.57. The Balaban J connectivity index is 2.05. The van der Waals surface area contributed by atoms with Crippen molar-refractivity contribution in [3.8, 4) is 17.2 Å². The molecule has 0 fully saturated rings. The predicted octanol–water partition coefficient (Wildman–Crippen LogP) is 3.03. The quantitative estimate of drug-likeness (QED) is 0.783. The maximum absolute atomic E-state index is 12.6. The Morgan fingerprint density at radius 2 is 1.58 bits per heavy atom. The minimum atomic E-state index is -0.0621. The fourth-order valence-corrected chi connectivity index (χ4v) is 2.46. The van der Waals surface area contributed by atoms with Gasteiger partial charge in [0.05, 0.1) is 26.9 Å². The topological polar surface area (TPSA) is 48.0 Å². The third-order valence-corrected chi connectivity index (χ3v) is 3.87. The molecule has 0 aliphatic carbocycles. The Bertz CT molecular complexity index is 700. The van der Waals surface area contributed by atoms with Crippen LogP contribution in [0.25, 0.3) is 0 Å². The van der Waals surface area contributed by atoms with Gasteiger partial charge in [-0.1, -0.05) is 18.2 Å². The lowest BCUT2D eigenvalue weighted by Gasteiger charge is -2.19. The number of nitrogens with zero attached hydrogens (tertiary/aromatic N) is 1. The van der Waals surface area contributed by atoms with Crippen LogP contribution in [-0.2, 0) is 6.42 Å². The van der Waals surface area contributed by atoms with E-state index < -0.39 is 0 Å². The second-order valence-electron chi connectivity index (χ2n) is 5.37. The van der Waals surface area contributed by atoms with E-state index in [2.05, 4.69) is 0 Å². The second kappa shape index (κ2) is 8.24. The smallest absolute Gasteiger partial charge is 0.257 e. The lowest BCUT2D eigenvalue weighted by Crippen LogP contribution is -2.29. The van der Waals surface area contributed by atoms with E-state index in [1.807, 2.05) is 30.3 Å². The number of hydrogen-bond acceptors (Lipinski definition) is 4. The van der Waals surface area contributed by atoms with E-state index in [9.17, 15) is 4.79 Å². The largest absolute Gasteiger partial charge is 0.496 e. The molecule has 0 aliphatic rings. The first kappa shape index (κ1) is 17.7. The average Bonchev–Trinajstić information content (AvgIpc) is 2.64. The normalized spacial score (nSPS) is 10.2. The molecule has 2 aromatic carbocycles. The summed E-state index contributed by atoms with van der Waals surface area (Å²) in [6.07, 6.45) is 0.720. The maximum Gasteiger partial charge on any atom is 0.257 e. The number of para-hydroxylation sites is 1. The molecule has 0 saturated carbocycles. The Kier molecular flexibility index (Phi) is 6.07. The number of carbonyl (C=O) groups is 1. The molecule has 0 spiro atoms. The molecular formula is C19H23NO4. The molecule has 128 valence electrons. The SMILES string of the molecule is COc1ccc(CCN(C)C(=O)c2ccccc2OC)cc1OC. The molecule has 0 radical (unpaired) electrons. The van der Waals surface area contributed by atoms with Crippen LogP contribution in [0.1, 0.15) is 15.9 Å². The third kappa shape index (κ3) is 3.98. The van der Waals surface area contributed by atoms with E-state index in [4.69, 9.17) is 14.2 Å². The third-order valence-electron chi connectivity index (χ3n) is 3.87. The van der Waals surface area contributed by atoms with Gasteiger partial charge in [-0.3, -0.25) is 4.79 Å². The molecule has 2 aromatic rings. The zero-order chi connectivity index (χ0) is 17.5. The summed E-state index contributed by atoms with van der Waals surface area (Å²) in [4.78, 5) is 14.3. The van der Waals surface area contributed by atoms with Gasteiger partial charge in [0.25, 0.3) is 5.91 Å². The van der Waals surface area contributed by atoms with Crippen LogP contribution in [0, 0.1) is 0 Å². The zero-order valence-electron chi connectivity index (χ0n) is 14.5. The van der Waals surface area contributed by atoms with Crippen molar-refractivity contribution in [2.45, 2.75) is 6.42 Å². The van der Waals surface area contributed by atoms with E-state index >= 15 is 0 Å². The fourth-order valence-electron chi connectivity index (χ4n) is 2.46. The van der Waals surface area contributed by atoms with Crippen molar-refractivity contribution in [1.82, 2.24) is 4.90 Å². The highest BCUT2D eigenvalue weighted by Gasteiger charge is 2.16. The number of carbonyl (C=O) groups excluding carboxylic acids is 1. The average molecular weight is 329 g/mol. The van der Waals surface area contributed by atoms with Gasteiger partial charge in [0.1, 0.15) is 5.75 Å². The Labute approximate surface area is 142 Å². The number of amides is 1. The monoisotopic (exact) mass is 329 g/mol. The Hall–Kier alpha value is -2.69. The van der Waals surface area contributed by atoms with E-state index in [-0.39, 0.29) is 5.91 Å². The fraction of sp³-hybridized carbons (Fsp3) is 0.316. The number of ether oxygens (including phenoxy) is 3. The number of methoxy groups -OCH3 is 3. The molecule has 0 saturated heterocycles. The van der Waals surface area contributed by atoms with Crippen molar-refractivity contribution in [2.24, 2.45) is 0 Å². The van der Waals surface area contributed by atoms with E-state index in [0.717, 1.165) is 12.0 Å². The highest BCUT2D eigenvalue weighted by atomic mass is 16.5. The van der Waals surface area contributed by atoms with E-state index in [1.165, 1.54) is 0 Å². The van der Waals surface area contributed by atoms with Gasteiger partial charge >= 0.3 is 0 Å². The molecule has 24 heavy (non-hydrogen) atoms. The van der Waals surface area contributed by atoms with Crippen molar-refractivity contribution in [2.75, 3.05) is 34.9 Å². The van der Waals surface area contributed by atoms with Gasteiger partial charge in [0, 0.05) is 13.6 Å². The van der Waals surface area contributed by atoms with Crippen molar-refractivity contribution < 1.29 is 19.0 Å².